The van der Waals surface area contributed by atoms with Crippen LogP contribution in [0, 0.1) is 11.3 Å². The van der Waals surface area contributed by atoms with Gasteiger partial charge in [-0.25, -0.2) is 4.98 Å². The van der Waals surface area contributed by atoms with E-state index in [9.17, 15) is 5.26 Å². The first kappa shape index (κ1) is 14.7. The molecule has 1 heterocycles. The van der Waals surface area contributed by atoms with Crippen LogP contribution < -0.4 is 9.47 Å². The first-order chi connectivity index (χ1) is 11.2. The molecule has 3 rings (SSSR count). The maximum absolute atomic E-state index is 9.46. The molecule has 1 aromatic heterocycles. The van der Waals surface area contributed by atoms with Crippen molar-refractivity contribution >= 4 is 22.7 Å². The summed E-state index contributed by atoms with van der Waals surface area (Å²) in [6, 6.07) is 15.2. The van der Waals surface area contributed by atoms with E-state index >= 15 is 0 Å². The Labute approximate surface area is 133 Å². The number of benzene rings is 2. The molecule has 0 unspecified atom stereocenters. The molecule has 0 aliphatic rings. The number of rotatable bonds is 4. The van der Waals surface area contributed by atoms with E-state index in [1.165, 1.54) is 0 Å². The number of imidazole rings is 1. The van der Waals surface area contributed by atoms with Gasteiger partial charge in [-0.15, -0.1) is 0 Å². The number of nitriles is 1. The topological polar surface area (TPSA) is 70.9 Å². The predicted octanol–water partition coefficient (Wildman–Crippen LogP) is 3.64. The Morgan fingerprint density at radius 1 is 1.13 bits per heavy atom. The van der Waals surface area contributed by atoms with Crippen LogP contribution in [0.4, 0.5) is 0 Å². The molecule has 0 bridgehead atoms. The Hall–Kier alpha value is -3.26. The molecule has 0 saturated heterocycles. The van der Waals surface area contributed by atoms with E-state index in [-0.39, 0.29) is 0 Å². The Balaban J connectivity index is 2.03. The lowest BCUT2D eigenvalue weighted by molar-refractivity contribution is 0.414. The number of aromatic amines is 1. The van der Waals surface area contributed by atoms with Crippen molar-refractivity contribution in [1.29, 1.82) is 5.26 Å². The van der Waals surface area contributed by atoms with Crippen molar-refractivity contribution in [1.82, 2.24) is 9.97 Å². The van der Waals surface area contributed by atoms with Gasteiger partial charge in [-0.05, 0) is 35.9 Å². The third-order valence-corrected chi connectivity index (χ3v) is 3.47. The summed E-state index contributed by atoms with van der Waals surface area (Å²) in [6.45, 7) is 0. The Kier molecular flexibility index (Phi) is 3.98. The van der Waals surface area contributed by atoms with Crippen molar-refractivity contribution in [2.45, 2.75) is 0 Å². The minimum atomic E-state index is 0.452. The molecule has 23 heavy (non-hydrogen) atoms. The molecule has 0 amide bonds. The third-order valence-electron chi connectivity index (χ3n) is 3.47. The maximum atomic E-state index is 9.46. The highest BCUT2D eigenvalue weighted by molar-refractivity contribution is 5.90. The van der Waals surface area contributed by atoms with Gasteiger partial charge in [0.15, 0.2) is 0 Å². The van der Waals surface area contributed by atoms with Gasteiger partial charge in [-0.2, -0.15) is 5.26 Å². The average Bonchev–Trinajstić information content (AvgIpc) is 3.02. The number of nitrogens with one attached hydrogen (secondary N) is 1. The van der Waals surface area contributed by atoms with E-state index in [1.807, 2.05) is 42.5 Å². The number of fused-ring (bicyclic) bond motifs is 1. The van der Waals surface area contributed by atoms with Gasteiger partial charge in [-0.3, -0.25) is 0 Å². The number of nitrogens with zero attached hydrogens (tertiary/aromatic N) is 2. The molecule has 2 aromatic carbocycles. The molecule has 1 N–H and O–H groups in total. The highest BCUT2D eigenvalue weighted by Gasteiger charge is 2.09. The zero-order valence-electron chi connectivity index (χ0n) is 12.8. The summed E-state index contributed by atoms with van der Waals surface area (Å²) in [5.41, 5.74) is 2.94. The van der Waals surface area contributed by atoms with Crippen LogP contribution in [-0.4, -0.2) is 24.2 Å². The largest absolute Gasteiger partial charge is 0.497 e. The summed E-state index contributed by atoms with van der Waals surface area (Å²) in [6.07, 6.45) is 1.78. The summed E-state index contributed by atoms with van der Waals surface area (Å²) >= 11 is 0. The summed E-state index contributed by atoms with van der Waals surface area (Å²) < 4.78 is 10.4. The van der Waals surface area contributed by atoms with Crippen LogP contribution >= 0.6 is 0 Å². The lowest BCUT2D eigenvalue weighted by Gasteiger charge is -2.00. The van der Waals surface area contributed by atoms with Gasteiger partial charge < -0.3 is 14.5 Å². The molecule has 3 aromatic rings. The van der Waals surface area contributed by atoms with Gasteiger partial charge in [0, 0.05) is 6.07 Å². The summed E-state index contributed by atoms with van der Waals surface area (Å²) in [5, 5.41) is 9.46. The van der Waals surface area contributed by atoms with E-state index in [2.05, 4.69) is 16.0 Å². The summed E-state index contributed by atoms with van der Waals surface area (Å²) in [4.78, 5) is 7.62. The molecular weight excluding hydrogens is 290 g/mol. The zero-order chi connectivity index (χ0) is 16.2. The highest BCUT2D eigenvalue weighted by atomic mass is 16.5. The van der Waals surface area contributed by atoms with Crippen molar-refractivity contribution in [3.05, 3.63) is 53.9 Å². The number of hydrogen-bond acceptors (Lipinski definition) is 4. The van der Waals surface area contributed by atoms with Crippen LogP contribution in [0.2, 0.25) is 0 Å². The van der Waals surface area contributed by atoms with Gasteiger partial charge in [0.1, 0.15) is 23.4 Å². The minimum absolute atomic E-state index is 0.452. The maximum Gasteiger partial charge on any atom is 0.149 e. The van der Waals surface area contributed by atoms with Crippen molar-refractivity contribution in [2.75, 3.05) is 14.2 Å². The fourth-order valence-electron chi connectivity index (χ4n) is 2.29. The van der Waals surface area contributed by atoms with Gasteiger partial charge in [0.2, 0.25) is 0 Å². The molecule has 0 aliphatic carbocycles. The van der Waals surface area contributed by atoms with Gasteiger partial charge in [-0.1, -0.05) is 12.1 Å². The lowest BCUT2D eigenvalue weighted by atomic mass is 10.1. The van der Waals surface area contributed by atoms with Gasteiger partial charge in [0.05, 0.1) is 30.8 Å². The molecule has 0 radical (unpaired) electrons. The summed E-state index contributed by atoms with van der Waals surface area (Å²) in [7, 11) is 3.22. The number of methoxy groups -OCH3 is 2. The van der Waals surface area contributed by atoms with Crippen LogP contribution in [0.15, 0.2) is 42.5 Å². The van der Waals surface area contributed by atoms with Crippen LogP contribution in [0.3, 0.4) is 0 Å². The van der Waals surface area contributed by atoms with Crippen molar-refractivity contribution < 1.29 is 9.47 Å². The van der Waals surface area contributed by atoms with E-state index < -0.39 is 0 Å². The molecule has 5 heteroatoms. The number of aromatic nitrogens is 2. The second-order valence-corrected chi connectivity index (χ2v) is 4.91. The average molecular weight is 305 g/mol. The smallest absolute Gasteiger partial charge is 0.149 e. The second-order valence-electron chi connectivity index (χ2n) is 4.91. The first-order valence-electron chi connectivity index (χ1n) is 7.03. The molecule has 0 fully saturated rings. The second kappa shape index (κ2) is 6.24. The third kappa shape index (κ3) is 3.01. The molecule has 0 aliphatic heterocycles. The first-order valence-corrected chi connectivity index (χ1v) is 7.03. The van der Waals surface area contributed by atoms with Crippen molar-refractivity contribution in [2.24, 2.45) is 0 Å². The Morgan fingerprint density at radius 2 is 1.91 bits per heavy atom. The molecule has 5 nitrogen and oxygen atoms in total. The molecule has 0 atom stereocenters. The number of H-pyrrole nitrogens is 1. The van der Waals surface area contributed by atoms with Gasteiger partial charge in [0.25, 0.3) is 0 Å². The monoisotopic (exact) mass is 305 g/mol. The van der Waals surface area contributed by atoms with Crippen LogP contribution in [0.5, 0.6) is 11.5 Å². The van der Waals surface area contributed by atoms with E-state index in [0.29, 0.717) is 11.4 Å². The highest BCUT2D eigenvalue weighted by Crippen LogP contribution is 2.23. The van der Waals surface area contributed by atoms with Crippen molar-refractivity contribution in [3.8, 4) is 17.6 Å². The van der Waals surface area contributed by atoms with Crippen LogP contribution in [0.1, 0.15) is 11.4 Å². The SMILES string of the molecule is COc1cccc(/C=C(/C#N)c2nc3ccc(OC)cc3[nH]2)c1. The fraction of sp³-hybridized carbons (Fsp3) is 0.111. The Morgan fingerprint density at radius 3 is 2.65 bits per heavy atom. The number of ether oxygens (including phenoxy) is 2. The normalized spacial score (nSPS) is 11.3. The van der Waals surface area contributed by atoms with E-state index in [0.717, 1.165) is 28.1 Å². The van der Waals surface area contributed by atoms with Gasteiger partial charge >= 0.3 is 0 Å². The standard InChI is InChI=1S/C18H15N3O2/c1-22-14-5-3-4-12(9-14)8-13(11-19)18-20-16-7-6-15(23-2)10-17(16)21-18/h3-10H,1-2H3,(H,20,21)/b13-8-. The summed E-state index contributed by atoms with van der Waals surface area (Å²) in [5.74, 6) is 2.01. The van der Waals surface area contributed by atoms with Crippen molar-refractivity contribution in [3.63, 3.8) is 0 Å². The minimum Gasteiger partial charge on any atom is -0.497 e. The van der Waals surface area contributed by atoms with E-state index in [4.69, 9.17) is 9.47 Å². The zero-order valence-corrected chi connectivity index (χ0v) is 12.8. The number of allylic oxidation sites excluding steroid dienone is 1. The molecule has 0 spiro atoms. The Bertz CT molecular complexity index is 919. The van der Waals surface area contributed by atoms with Crippen LogP contribution in [0.25, 0.3) is 22.7 Å². The lowest BCUT2D eigenvalue weighted by Crippen LogP contribution is -1.86. The molecule has 0 saturated carbocycles. The van der Waals surface area contributed by atoms with E-state index in [1.54, 1.807) is 20.3 Å². The molecular formula is C18H15N3O2. The molecule has 114 valence electrons. The predicted molar refractivity (Wildman–Crippen MR) is 89.1 cm³/mol. The number of hydrogen-bond donors (Lipinski definition) is 1. The fourth-order valence-corrected chi connectivity index (χ4v) is 2.29. The quantitative estimate of drug-likeness (QED) is 0.747. The van der Waals surface area contributed by atoms with Crippen LogP contribution in [-0.2, 0) is 0 Å².